The van der Waals surface area contributed by atoms with Gasteiger partial charge in [-0.2, -0.15) is 0 Å². The number of rotatable bonds is 1. The first kappa shape index (κ1) is 8.56. The van der Waals surface area contributed by atoms with Crippen molar-refractivity contribution in [1.82, 2.24) is 0 Å². The van der Waals surface area contributed by atoms with Crippen molar-refractivity contribution in [3.8, 4) is 0 Å². The lowest BCUT2D eigenvalue weighted by atomic mass is 10.3. The Labute approximate surface area is 77.2 Å². The summed E-state index contributed by atoms with van der Waals surface area (Å²) in [4.78, 5) is 1.73. The molecule has 1 aromatic rings. The third-order valence-corrected chi connectivity index (χ3v) is 1.59. The van der Waals surface area contributed by atoms with Gasteiger partial charge in [0.1, 0.15) is 0 Å². The Morgan fingerprint density at radius 3 is 2.36 bits per heavy atom. The zero-order valence-electron chi connectivity index (χ0n) is 6.16. The first-order valence-electron chi connectivity index (χ1n) is 3.25. The van der Waals surface area contributed by atoms with Crippen LogP contribution in [0.4, 0.5) is 5.69 Å². The van der Waals surface area contributed by atoms with Crippen LogP contribution in [-0.4, -0.2) is 4.99 Å². The van der Waals surface area contributed by atoms with Crippen molar-refractivity contribution in [2.45, 2.75) is 11.8 Å². The Kier molecular flexibility index (Phi) is 2.91. The minimum absolute atomic E-state index is 0.775. The number of thiocarbonyl (C=S) groups is 1. The van der Waals surface area contributed by atoms with Crippen LogP contribution in [0.5, 0.6) is 0 Å². The van der Waals surface area contributed by atoms with Crippen LogP contribution in [-0.2, 0) is 0 Å². The second kappa shape index (κ2) is 3.74. The summed E-state index contributed by atoms with van der Waals surface area (Å²) < 4.78 is 0. The summed E-state index contributed by atoms with van der Waals surface area (Å²) in [5, 5.41) is 3.03. The molecule has 3 heteroatoms. The molecule has 11 heavy (non-hydrogen) atoms. The van der Waals surface area contributed by atoms with E-state index in [1.807, 2.05) is 31.2 Å². The zero-order valence-corrected chi connectivity index (χ0v) is 7.88. The van der Waals surface area contributed by atoms with Gasteiger partial charge in [0.05, 0.1) is 4.99 Å². The van der Waals surface area contributed by atoms with Crippen LogP contribution in [0.1, 0.15) is 6.92 Å². The smallest absolute Gasteiger partial charge is 0.0765 e. The topological polar surface area (TPSA) is 12.0 Å². The third-order valence-electron chi connectivity index (χ3n) is 1.19. The highest BCUT2D eigenvalue weighted by Crippen LogP contribution is 2.11. The first-order valence-corrected chi connectivity index (χ1v) is 4.10. The van der Waals surface area contributed by atoms with Crippen molar-refractivity contribution in [3.05, 3.63) is 24.3 Å². The molecule has 0 heterocycles. The molecule has 0 aliphatic rings. The molecule has 0 bridgehead atoms. The molecule has 0 radical (unpaired) electrons. The SMILES string of the molecule is CC(=S)Nc1ccc(S)cc1. The minimum Gasteiger partial charge on any atom is -0.350 e. The van der Waals surface area contributed by atoms with Gasteiger partial charge in [-0.05, 0) is 31.2 Å². The standard InChI is InChI=1S/C8H9NS2/c1-6(10)9-7-2-4-8(11)5-3-7/h2-5,11H,1H3,(H,9,10). The Morgan fingerprint density at radius 1 is 1.36 bits per heavy atom. The average molecular weight is 183 g/mol. The quantitative estimate of drug-likeness (QED) is 0.513. The van der Waals surface area contributed by atoms with E-state index in [1.165, 1.54) is 0 Å². The Morgan fingerprint density at radius 2 is 1.91 bits per heavy atom. The van der Waals surface area contributed by atoms with Crippen molar-refractivity contribution in [2.75, 3.05) is 5.32 Å². The average Bonchev–Trinajstić information content (AvgIpc) is 1.93. The van der Waals surface area contributed by atoms with E-state index in [9.17, 15) is 0 Å². The molecule has 1 N–H and O–H groups in total. The van der Waals surface area contributed by atoms with Gasteiger partial charge in [-0.25, -0.2) is 0 Å². The van der Waals surface area contributed by atoms with E-state index in [1.54, 1.807) is 0 Å². The van der Waals surface area contributed by atoms with Crippen LogP contribution < -0.4 is 5.32 Å². The van der Waals surface area contributed by atoms with Crippen LogP contribution in [0, 0.1) is 0 Å². The van der Waals surface area contributed by atoms with Gasteiger partial charge in [0.2, 0.25) is 0 Å². The predicted octanol–water partition coefficient (Wildman–Crippen LogP) is 2.73. The predicted molar refractivity (Wildman–Crippen MR) is 55.6 cm³/mol. The molecule has 1 nitrogen and oxygen atoms in total. The maximum Gasteiger partial charge on any atom is 0.0765 e. The summed E-state index contributed by atoms with van der Waals surface area (Å²) in [6, 6.07) is 7.73. The fraction of sp³-hybridized carbons (Fsp3) is 0.125. The number of anilines is 1. The second-order valence-electron chi connectivity index (χ2n) is 2.23. The van der Waals surface area contributed by atoms with E-state index in [2.05, 4.69) is 17.9 Å². The van der Waals surface area contributed by atoms with E-state index in [-0.39, 0.29) is 0 Å². The number of nitrogens with one attached hydrogen (secondary N) is 1. The van der Waals surface area contributed by atoms with E-state index >= 15 is 0 Å². The van der Waals surface area contributed by atoms with Gasteiger partial charge in [-0.15, -0.1) is 12.6 Å². The summed E-state index contributed by atoms with van der Waals surface area (Å²) >= 11 is 9.04. The molecule has 0 fully saturated rings. The van der Waals surface area contributed by atoms with Crippen LogP contribution in [0.3, 0.4) is 0 Å². The Bertz CT molecular complexity index is 253. The molecule has 0 aliphatic heterocycles. The largest absolute Gasteiger partial charge is 0.350 e. The van der Waals surface area contributed by atoms with Crippen molar-refractivity contribution >= 4 is 35.5 Å². The van der Waals surface area contributed by atoms with Crippen molar-refractivity contribution in [1.29, 1.82) is 0 Å². The van der Waals surface area contributed by atoms with Gasteiger partial charge in [-0.1, -0.05) is 12.2 Å². The van der Waals surface area contributed by atoms with Gasteiger partial charge in [0.25, 0.3) is 0 Å². The summed E-state index contributed by atoms with van der Waals surface area (Å²) in [6.07, 6.45) is 0. The number of benzene rings is 1. The fourth-order valence-corrected chi connectivity index (χ4v) is 1.01. The van der Waals surface area contributed by atoms with Gasteiger partial charge < -0.3 is 5.32 Å². The van der Waals surface area contributed by atoms with Gasteiger partial charge >= 0.3 is 0 Å². The molecular weight excluding hydrogens is 174 g/mol. The van der Waals surface area contributed by atoms with Crippen molar-refractivity contribution < 1.29 is 0 Å². The third kappa shape index (κ3) is 2.91. The fourth-order valence-electron chi connectivity index (χ4n) is 0.748. The highest BCUT2D eigenvalue weighted by Gasteiger charge is 1.90. The minimum atomic E-state index is 0.775. The lowest BCUT2D eigenvalue weighted by Gasteiger charge is -2.02. The van der Waals surface area contributed by atoms with E-state index in [4.69, 9.17) is 12.2 Å². The van der Waals surface area contributed by atoms with Crippen molar-refractivity contribution in [2.24, 2.45) is 0 Å². The highest BCUT2D eigenvalue weighted by molar-refractivity contribution is 7.80. The first-order chi connectivity index (χ1) is 5.18. The monoisotopic (exact) mass is 183 g/mol. The van der Waals surface area contributed by atoms with E-state index in [0.717, 1.165) is 15.6 Å². The second-order valence-corrected chi connectivity index (χ2v) is 3.36. The molecule has 0 aliphatic carbocycles. The molecule has 0 saturated heterocycles. The van der Waals surface area contributed by atoms with Gasteiger partial charge in [-0.3, -0.25) is 0 Å². The van der Waals surface area contributed by atoms with Crippen LogP contribution in [0.2, 0.25) is 0 Å². The molecular formula is C8H9NS2. The van der Waals surface area contributed by atoms with Crippen LogP contribution >= 0.6 is 24.8 Å². The van der Waals surface area contributed by atoms with Gasteiger partial charge in [0, 0.05) is 10.6 Å². The molecule has 0 saturated carbocycles. The molecule has 0 spiro atoms. The lowest BCUT2D eigenvalue weighted by Crippen LogP contribution is -2.02. The lowest BCUT2D eigenvalue weighted by molar-refractivity contribution is 1.47. The maximum atomic E-state index is 4.88. The van der Waals surface area contributed by atoms with Crippen LogP contribution in [0.25, 0.3) is 0 Å². The number of hydrogen-bond donors (Lipinski definition) is 2. The highest BCUT2D eigenvalue weighted by atomic mass is 32.1. The van der Waals surface area contributed by atoms with E-state index < -0.39 is 0 Å². The molecule has 0 unspecified atom stereocenters. The zero-order chi connectivity index (χ0) is 8.27. The Hall–Kier alpha value is -0.540. The maximum absolute atomic E-state index is 4.88. The summed E-state index contributed by atoms with van der Waals surface area (Å²) in [6.45, 7) is 1.85. The number of hydrogen-bond acceptors (Lipinski definition) is 2. The number of thiol groups is 1. The normalized spacial score (nSPS) is 9.27. The summed E-state index contributed by atoms with van der Waals surface area (Å²) in [5.41, 5.74) is 1.01. The summed E-state index contributed by atoms with van der Waals surface area (Å²) in [7, 11) is 0. The van der Waals surface area contributed by atoms with Crippen LogP contribution in [0.15, 0.2) is 29.2 Å². The Balaban J connectivity index is 2.74. The van der Waals surface area contributed by atoms with E-state index in [0.29, 0.717) is 0 Å². The molecule has 1 aromatic carbocycles. The van der Waals surface area contributed by atoms with Gasteiger partial charge in [0.15, 0.2) is 0 Å². The molecule has 0 amide bonds. The molecule has 0 atom stereocenters. The van der Waals surface area contributed by atoms with Crippen molar-refractivity contribution in [3.63, 3.8) is 0 Å². The molecule has 0 aromatic heterocycles. The summed E-state index contributed by atoms with van der Waals surface area (Å²) in [5.74, 6) is 0. The molecule has 1 rings (SSSR count). The molecule has 58 valence electrons.